The maximum atomic E-state index is 12.4. The van der Waals surface area contributed by atoms with E-state index in [1.807, 2.05) is 0 Å². The fourth-order valence-corrected chi connectivity index (χ4v) is 2.82. The van der Waals surface area contributed by atoms with Gasteiger partial charge in [-0.1, -0.05) is 6.92 Å². The fourth-order valence-electron chi connectivity index (χ4n) is 2.82. The molecule has 1 N–H and O–H groups in total. The number of amides is 1. The fraction of sp³-hybridized carbons (Fsp3) is 0.562. The van der Waals surface area contributed by atoms with Crippen molar-refractivity contribution in [2.24, 2.45) is 5.92 Å². The molecule has 5 nitrogen and oxygen atoms in total. The molecule has 0 heterocycles. The topological polar surface area (TPSA) is 56.8 Å². The summed E-state index contributed by atoms with van der Waals surface area (Å²) < 4.78 is 15.8. The van der Waals surface area contributed by atoms with E-state index in [2.05, 4.69) is 12.2 Å². The Balaban J connectivity index is 2.20. The van der Waals surface area contributed by atoms with Crippen LogP contribution in [0.5, 0.6) is 17.2 Å². The molecule has 2 unspecified atom stereocenters. The van der Waals surface area contributed by atoms with E-state index >= 15 is 0 Å². The Morgan fingerprint density at radius 2 is 1.71 bits per heavy atom. The van der Waals surface area contributed by atoms with Crippen LogP contribution in [0.2, 0.25) is 0 Å². The standard InChI is InChI=1S/C16H23NO4/c1-10-5-6-12(7-10)17-16(18)11-8-13(19-2)15(21-4)14(9-11)20-3/h8-10,12H,5-7H2,1-4H3,(H,17,18). The zero-order valence-corrected chi connectivity index (χ0v) is 13.1. The molecule has 2 rings (SSSR count). The normalized spacial score (nSPS) is 21.0. The molecule has 1 saturated carbocycles. The van der Waals surface area contributed by atoms with Crippen molar-refractivity contribution in [2.75, 3.05) is 21.3 Å². The molecular weight excluding hydrogens is 270 g/mol. The van der Waals surface area contributed by atoms with E-state index in [4.69, 9.17) is 14.2 Å². The number of carbonyl (C=O) groups excluding carboxylic acids is 1. The van der Waals surface area contributed by atoms with E-state index in [9.17, 15) is 4.79 Å². The van der Waals surface area contributed by atoms with Crippen molar-refractivity contribution in [1.82, 2.24) is 5.32 Å². The third-order valence-corrected chi connectivity index (χ3v) is 3.96. The number of hydrogen-bond donors (Lipinski definition) is 1. The highest BCUT2D eigenvalue weighted by Crippen LogP contribution is 2.38. The maximum absolute atomic E-state index is 12.4. The lowest BCUT2D eigenvalue weighted by molar-refractivity contribution is 0.0936. The molecular formula is C16H23NO4. The van der Waals surface area contributed by atoms with Gasteiger partial charge in [0.2, 0.25) is 5.75 Å². The highest BCUT2D eigenvalue weighted by Gasteiger charge is 2.24. The van der Waals surface area contributed by atoms with Crippen LogP contribution in [0.4, 0.5) is 0 Å². The molecule has 0 saturated heterocycles. The van der Waals surface area contributed by atoms with Crippen molar-refractivity contribution in [3.05, 3.63) is 17.7 Å². The first kappa shape index (κ1) is 15.5. The minimum absolute atomic E-state index is 0.103. The van der Waals surface area contributed by atoms with Gasteiger partial charge in [0.05, 0.1) is 21.3 Å². The average Bonchev–Trinajstić information content (AvgIpc) is 2.90. The van der Waals surface area contributed by atoms with Crippen molar-refractivity contribution in [2.45, 2.75) is 32.2 Å². The molecule has 1 fully saturated rings. The lowest BCUT2D eigenvalue weighted by Gasteiger charge is -2.16. The van der Waals surface area contributed by atoms with Crippen LogP contribution in [0, 0.1) is 5.92 Å². The Morgan fingerprint density at radius 3 is 2.14 bits per heavy atom. The van der Waals surface area contributed by atoms with Crippen molar-refractivity contribution < 1.29 is 19.0 Å². The molecule has 0 spiro atoms. The van der Waals surface area contributed by atoms with E-state index in [0.29, 0.717) is 28.7 Å². The molecule has 1 amide bonds. The molecule has 1 aromatic rings. The minimum atomic E-state index is -0.103. The van der Waals surface area contributed by atoms with E-state index in [1.165, 1.54) is 20.6 Å². The second kappa shape index (κ2) is 6.70. The Kier molecular flexibility index (Phi) is 4.94. The zero-order valence-electron chi connectivity index (χ0n) is 13.1. The van der Waals surface area contributed by atoms with Gasteiger partial charge < -0.3 is 19.5 Å². The molecule has 1 aliphatic rings. The van der Waals surface area contributed by atoms with E-state index in [0.717, 1.165) is 12.8 Å². The number of carbonyl (C=O) groups is 1. The van der Waals surface area contributed by atoms with Crippen LogP contribution in [0.15, 0.2) is 12.1 Å². The summed E-state index contributed by atoms with van der Waals surface area (Å²) in [7, 11) is 4.62. The van der Waals surface area contributed by atoms with Gasteiger partial charge in [0, 0.05) is 11.6 Å². The molecule has 0 aliphatic heterocycles. The summed E-state index contributed by atoms with van der Waals surface area (Å²) >= 11 is 0. The van der Waals surface area contributed by atoms with Crippen molar-refractivity contribution >= 4 is 5.91 Å². The molecule has 5 heteroatoms. The van der Waals surface area contributed by atoms with Crippen LogP contribution >= 0.6 is 0 Å². The van der Waals surface area contributed by atoms with Crippen LogP contribution < -0.4 is 19.5 Å². The third-order valence-electron chi connectivity index (χ3n) is 3.96. The van der Waals surface area contributed by atoms with Crippen molar-refractivity contribution in [1.29, 1.82) is 0 Å². The van der Waals surface area contributed by atoms with E-state index < -0.39 is 0 Å². The summed E-state index contributed by atoms with van der Waals surface area (Å²) in [6.07, 6.45) is 3.24. The minimum Gasteiger partial charge on any atom is -0.493 e. The number of methoxy groups -OCH3 is 3. The molecule has 1 aromatic carbocycles. The van der Waals surface area contributed by atoms with E-state index in [-0.39, 0.29) is 11.9 Å². The van der Waals surface area contributed by atoms with Gasteiger partial charge in [0.25, 0.3) is 5.91 Å². The second-order valence-corrected chi connectivity index (χ2v) is 5.50. The van der Waals surface area contributed by atoms with Gasteiger partial charge in [-0.05, 0) is 37.3 Å². The summed E-state index contributed by atoms with van der Waals surface area (Å²) in [5, 5.41) is 3.07. The molecule has 0 radical (unpaired) electrons. The summed E-state index contributed by atoms with van der Waals surface area (Å²) in [4.78, 5) is 12.4. The van der Waals surface area contributed by atoms with E-state index in [1.54, 1.807) is 19.2 Å². The van der Waals surface area contributed by atoms with Crippen LogP contribution in [-0.4, -0.2) is 33.3 Å². The van der Waals surface area contributed by atoms with Gasteiger partial charge in [-0.15, -0.1) is 0 Å². The Hall–Kier alpha value is -1.91. The van der Waals surface area contributed by atoms with Crippen LogP contribution in [-0.2, 0) is 0 Å². The smallest absolute Gasteiger partial charge is 0.251 e. The molecule has 2 atom stereocenters. The first-order valence-corrected chi connectivity index (χ1v) is 7.19. The molecule has 0 bridgehead atoms. The number of hydrogen-bond acceptors (Lipinski definition) is 4. The zero-order chi connectivity index (χ0) is 15.4. The highest BCUT2D eigenvalue weighted by atomic mass is 16.5. The second-order valence-electron chi connectivity index (χ2n) is 5.50. The quantitative estimate of drug-likeness (QED) is 0.906. The largest absolute Gasteiger partial charge is 0.493 e. The first-order valence-electron chi connectivity index (χ1n) is 7.19. The van der Waals surface area contributed by atoms with Gasteiger partial charge >= 0.3 is 0 Å². The van der Waals surface area contributed by atoms with Gasteiger partial charge in [-0.3, -0.25) is 4.79 Å². The summed E-state index contributed by atoms with van der Waals surface area (Å²) in [6.45, 7) is 2.21. The Bertz CT molecular complexity index is 490. The monoisotopic (exact) mass is 293 g/mol. The first-order chi connectivity index (χ1) is 10.1. The average molecular weight is 293 g/mol. The molecule has 116 valence electrons. The van der Waals surface area contributed by atoms with Crippen LogP contribution in [0.25, 0.3) is 0 Å². The predicted molar refractivity (Wildman–Crippen MR) is 80.4 cm³/mol. The van der Waals surface area contributed by atoms with Crippen molar-refractivity contribution in [3.8, 4) is 17.2 Å². The predicted octanol–water partition coefficient (Wildman–Crippen LogP) is 2.63. The highest BCUT2D eigenvalue weighted by molar-refractivity contribution is 5.95. The number of rotatable bonds is 5. The molecule has 0 aromatic heterocycles. The number of benzene rings is 1. The van der Waals surface area contributed by atoms with Crippen LogP contribution in [0.1, 0.15) is 36.5 Å². The summed E-state index contributed by atoms with van der Waals surface area (Å²) in [6, 6.07) is 3.61. The number of ether oxygens (including phenoxy) is 3. The van der Waals surface area contributed by atoms with Gasteiger partial charge in [-0.2, -0.15) is 0 Å². The SMILES string of the molecule is COc1cc(C(=O)NC2CCC(C)C2)cc(OC)c1OC. The number of nitrogens with one attached hydrogen (secondary N) is 1. The van der Waals surface area contributed by atoms with Crippen LogP contribution in [0.3, 0.4) is 0 Å². The Labute approximate surface area is 125 Å². The summed E-state index contributed by atoms with van der Waals surface area (Å²) in [5.74, 6) is 2.04. The Morgan fingerprint density at radius 1 is 1.10 bits per heavy atom. The van der Waals surface area contributed by atoms with Gasteiger partial charge in [0.15, 0.2) is 11.5 Å². The van der Waals surface area contributed by atoms with Gasteiger partial charge in [0.1, 0.15) is 0 Å². The third kappa shape index (κ3) is 3.40. The maximum Gasteiger partial charge on any atom is 0.251 e. The summed E-state index contributed by atoms with van der Waals surface area (Å²) in [5.41, 5.74) is 0.518. The van der Waals surface area contributed by atoms with Crippen molar-refractivity contribution in [3.63, 3.8) is 0 Å². The van der Waals surface area contributed by atoms with Gasteiger partial charge in [-0.25, -0.2) is 0 Å². The lowest BCUT2D eigenvalue weighted by atomic mass is 10.1. The lowest BCUT2D eigenvalue weighted by Crippen LogP contribution is -2.32. The molecule has 21 heavy (non-hydrogen) atoms. The molecule has 1 aliphatic carbocycles.